The Labute approximate surface area is 109 Å². The minimum atomic E-state index is -1.39. The summed E-state index contributed by atoms with van der Waals surface area (Å²) in [5.74, 6) is -4.30. The van der Waals surface area contributed by atoms with Crippen LogP contribution in [0.4, 0.5) is 8.78 Å². The maximum atomic E-state index is 13.6. The van der Waals surface area contributed by atoms with Crippen LogP contribution >= 0.6 is 0 Å². The predicted molar refractivity (Wildman–Crippen MR) is 63.3 cm³/mol. The minimum absolute atomic E-state index is 0.0518. The van der Waals surface area contributed by atoms with E-state index in [1.54, 1.807) is 0 Å². The summed E-state index contributed by atoms with van der Waals surface area (Å²) in [6.07, 6.45) is -0.498. The number of carbonyl (C=O) groups excluding carboxylic acids is 1. The Hall–Kier alpha value is -1.98. The van der Waals surface area contributed by atoms with E-state index in [4.69, 9.17) is 5.11 Å². The van der Waals surface area contributed by atoms with Crippen LogP contribution in [-0.4, -0.2) is 24.0 Å². The summed E-state index contributed by atoms with van der Waals surface area (Å²) in [4.78, 5) is 22.7. The molecule has 1 aromatic rings. The van der Waals surface area contributed by atoms with Crippen LogP contribution in [0.5, 0.6) is 5.75 Å². The third-order valence-electron chi connectivity index (χ3n) is 2.71. The molecule has 6 heteroatoms. The lowest BCUT2D eigenvalue weighted by Gasteiger charge is -2.18. The lowest BCUT2D eigenvalue weighted by atomic mass is 9.85. The van der Waals surface area contributed by atoms with Gasteiger partial charge in [0, 0.05) is 18.6 Å². The van der Waals surface area contributed by atoms with Crippen molar-refractivity contribution in [2.75, 3.05) is 7.11 Å². The van der Waals surface area contributed by atoms with Crippen LogP contribution in [-0.2, 0) is 4.79 Å². The van der Waals surface area contributed by atoms with Gasteiger partial charge in [0.05, 0.1) is 18.1 Å². The molecular weight excluding hydrogens is 258 g/mol. The van der Waals surface area contributed by atoms with Gasteiger partial charge >= 0.3 is 5.97 Å². The largest absolute Gasteiger partial charge is 0.497 e. The molecule has 4 nitrogen and oxygen atoms in total. The number of Topliss-reactive ketones (excluding diaryl/α,β-unsaturated/α-hetero) is 1. The van der Waals surface area contributed by atoms with Gasteiger partial charge in [0.1, 0.15) is 17.4 Å². The average Bonchev–Trinajstić information content (AvgIpc) is 2.26. The van der Waals surface area contributed by atoms with Crippen LogP contribution < -0.4 is 4.74 Å². The van der Waals surface area contributed by atoms with Crippen LogP contribution in [0.25, 0.3) is 0 Å². The standard InChI is InChI=1S/C13H14F2O4/c1-13(2,12(17)18)6-10(16)11-8(14)4-7(19-3)5-9(11)15/h4-5H,6H2,1-3H3,(H,17,18). The second kappa shape index (κ2) is 5.34. The first-order valence-corrected chi connectivity index (χ1v) is 5.48. The fourth-order valence-electron chi connectivity index (χ4n) is 1.50. The first-order valence-electron chi connectivity index (χ1n) is 5.48. The minimum Gasteiger partial charge on any atom is -0.497 e. The molecular formula is C13H14F2O4. The van der Waals surface area contributed by atoms with Crippen molar-refractivity contribution >= 4 is 11.8 Å². The summed E-state index contributed by atoms with van der Waals surface area (Å²) < 4.78 is 31.9. The second-order valence-electron chi connectivity index (χ2n) is 4.76. The summed E-state index contributed by atoms with van der Waals surface area (Å²) in [6.45, 7) is 2.62. The molecule has 1 N–H and O–H groups in total. The van der Waals surface area contributed by atoms with Gasteiger partial charge in [-0.25, -0.2) is 8.78 Å². The van der Waals surface area contributed by atoms with Crippen molar-refractivity contribution in [2.24, 2.45) is 5.41 Å². The second-order valence-corrected chi connectivity index (χ2v) is 4.76. The normalized spacial score (nSPS) is 11.2. The molecule has 0 fully saturated rings. The zero-order valence-electron chi connectivity index (χ0n) is 10.8. The number of carboxylic acid groups (broad SMARTS) is 1. The fourth-order valence-corrected chi connectivity index (χ4v) is 1.50. The molecule has 0 spiro atoms. The third-order valence-corrected chi connectivity index (χ3v) is 2.71. The maximum Gasteiger partial charge on any atom is 0.309 e. The molecule has 0 unspecified atom stereocenters. The number of ketones is 1. The van der Waals surface area contributed by atoms with E-state index in [0.717, 1.165) is 12.1 Å². The van der Waals surface area contributed by atoms with E-state index < -0.39 is 40.8 Å². The van der Waals surface area contributed by atoms with Crippen molar-refractivity contribution in [3.05, 3.63) is 29.3 Å². The topological polar surface area (TPSA) is 63.6 Å². The van der Waals surface area contributed by atoms with E-state index in [1.807, 2.05) is 0 Å². The Balaban J connectivity index is 3.11. The summed E-state index contributed by atoms with van der Waals surface area (Å²) in [5, 5.41) is 8.90. The Morgan fingerprint density at radius 1 is 1.26 bits per heavy atom. The monoisotopic (exact) mass is 272 g/mol. The van der Waals surface area contributed by atoms with E-state index >= 15 is 0 Å². The van der Waals surface area contributed by atoms with E-state index in [-0.39, 0.29) is 5.75 Å². The Bertz CT molecular complexity index is 500. The third kappa shape index (κ3) is 3.27. The van der Waals surface area contributed by atoms with E-state index in [0.29, 0.717) is 0 Å². The zero-order valence-corrected chi connectivity index (χ0v) is 10.8. The molecule has 0 amide bonds. The highest BCUT2D eigenvalue weighted by molar-refractivity contribution is 5.99. The number of aliphatic carboxylic acids is 1. The summed E-state index contributed by atoms with van der Waals surface area (Å²) in [6, 6.07) is 1.76. The molecule has 0 bridgehead atoms. The number of halogens is 2. The number of hydrogen-bond acceptors (Lipinski definition) is 3. The smallest absolute Gasteiger partial charge is 0.309 e. The summed E-state index contributed by atoms with van der Waals surface area (Å²) in [5.41, 5.74) is -2.13. The quantitative estimate of drug-likeness (QED) is 0.837. The van der Waals surface area contributed by atoms with Gasteiger partial charge in [-0.2, -0.15) is 0 Å². The van der Waals surface area contributed by atoms with Crippen molar-refractivity contribution in [1.29, 1.82) is 0 Å². The molecule has 0 atom stereocenters. The molecule has 0 saturated heterocycles. The van der Waals surface area contributed by atoms with Gasteiger partial charge < -0.3 is 9.84 Å². The van der Waals surface area contributed by atoms with Gasteiger partial charge in [-0.05, 0) is 13.8 Å². The van der Waals surface area contributed by atoms with Gasteiger partial charge in [-0.3, -0.25) is 9.59 Å². The molecule has 0 aliphatic carbocycles. The highest BCUT2D eigenvalue weighted by atomic mass is 19.1. The van der Waals surface area contributed by atoms with Crippen LogP contribution in [0.1, 0.15) is 30.6 Å². The number of hydrogen-bond donors (Lipinski definition) is 1. The molecule has 0 aliphatic rings. The van der Waals surface area contributed by atoms with Gasteiger partial charge in [0.15, 0.2) is 5.78 Å². The van der Waals surface area contributed by atoms with Crippen molar-refractivity contribution < 1.29 is 28.2 Å². The summed E-state index contributed by atoms with van der Waals surface area (Å²) >= 11 is 0. The molecule has 0 aromatic heterocycles. The van der Waals surface area contributed by atoms with Crippen LogP contribution in [0.3, 0.4) is 0 Å². The molecule has 1 rings (SSSR count). The number of carboxylic acids is 1. The average molecular weight is 272 g/mol. The van der Waals surface area contributed by atoms with Crippen LogP contribution in [0.2, 0.25) is 0 Å². The van der Waals surface area contributed by atoms with Crippen LogP contribution in [0.15, 0.2) is 12.1 Å². The predicted octanol–water partition coefficient (Wildman–Crippen LogP) is 2.66. The van der Waals surface area contributed by atoms with Gasteiger partial charge in [-0.1, -0.05) is 0 Å². The van der Waals surface area contributed by atoms with E-state index in [1.165, 1.54) is 21.0 Å². The number of benzene rings is 1. The lowest BCUT2D eigenvalue weighted by Crippen LogP contribution is -2.27. The molecule has 0 aliphatic heterocycles. The zero-order chi connectivity index (χ0) is 14.8. The molecule has 0 radical (unpaired) electrons. The van der Waals surface area contributed by atoms with Crippen LogP contribution in [0, 0.1) is 17.0 Å². The number of rotatable bonds is 5. The van der Waals surface area contributed by atoms with Gasteiger partial charge in [0.2, 0.25) is 0 Å². The number of methoxy groups -OCH3 is 1. The first kappa shape index (κ1) is 15.1. The Morgan fingerprint density at radius 2 is 1.74 bits per heavy atom. The van der Waals surface area contributed by atoms with Gasteiger partial charge in [-0.15, -0.1) is 0 Å². The number of ether oxygens (including phenoxy) is 1. The van der Waals surface area contributed by atoms with Crippen molar-refractivity contribution in [2.45, 2.75) is 20.3 Å². The van der Waals surface area contributed by atoms with Crippen molar-refractivity contribution in [3.63, 3.8) is 0 Å². The lowest BCUT2D eigenvalue weighted by molar-refractivity contribution is -0.146. The van der Waals surface area contributed by atoms with E-state index in [2.05, 4.69) is 4.74 Å². The van der Waals surface area contributed by atoms with E-state index in [9.17, 15) is 18.4 Å². The highest BCUT2D eigenvalue weighted by Gasteiger charge is 2.32. The van der Waals surface area contributed by atoms with Crippen molar-refractivity contribution in [1.82, 2.24) is 0 Å². The molecule has 0 heterocycles. The Kier molecular flexibility index (Phi) is 4.24. The number of carbonyl (C=O) groups is 2. The van der Waals surface area contributed by atoms with Crippen molar-refractivity contribution in [3.8, 4) is 5.75 Å². The van der Waals surface area contributed by atoms with Gasteiger partial charge in [0.25, 0.3) is 0 Å². The molecule has 19 heavy (non-hydrogen) atoms. The Morgan fingerprint density at radius 3 is 2.11 bits per heavy atom. The first-order chi connectivity index (χ1) is 8.69. The molecule has 0 saturated carbocycles. The maximum absolute atomic E-state index is 13.6. The fraction of sp³-hybridized carbons (Fsp3) is 0.385. The SMILES string of the molecule is COc1cc(F)c(C(=O)CC(C)(C)C(=O)O)c(F)c1. The molecule has 104 valence electrons. The molecule has 1 aromatic carbocycles. The summed E-state index contributed by atoms with van der Waals surface area (Å²) in [7, 11) is 1.24. The highest BCUT2D eigenvalue weighted by Crippen LogP contribution is 2.27.